The van der Waals surface area contributed by atoms with Crippen LogP contribution in [0.15, 0.2) is 66.7 Å². The predicted octanol–water partition coefficient (Wildman–Crippen LogP) is 6.39. The number of benzene rings is 3. The van der Waals surface area contributed by atoms with E-state index in [0.717, 1.165) is 38.0 Å². The van der Waals surface area contributed by atoms with Crippen LogP contribution in [-0.4, -0.2) is 47.8 Å². The Bertz CT molecular complexity index is 1370. The van der Waals surface area contributed by atoms with E-state index >= 15 is 0 Å². The van der Waals surface area contributed by atoms with Crippen LogP contribution in [0, 0.1) is 5.82 Å². The molecule has 1 atom stereocenters. The fraction of sp³-hybridized carbons (Fsp3) is 0.355. The third-order valence-electron chi connectivity index (χ3n) is 8.06. The number of hydrogen-bond acceptors (Lipinski definition) is 3. The number of fused-ring (bicyclic) bond motifs is 1. The number of nitrogens with zero attached hydrogens (tertiary/aromatic N) is 2. The van der Waals surface area contributed by atoms with Crippen molar-refractivity contribution in [3.63, 3.8) is 0 Å². The highest BCUT2D eigenvalue weighted by atomic mass is 35.5. The molecule has 5 nitrogen and oxygen atoms in total. The molecule has 0 aliphatic carbocycles. The van der Waals surface area contributed by atoms with Gasteiger partial charge in [0.1, 0.15) is 5.82 Å². The molecule has 39 heavy (non-hydrogen) atoms. The summed E-state index contributed by atoms with van der Waals surface area (Å²) < 4.78 is 14.1. The molecule has 5 rings (SSSR count). The molecule has 2 amide bonds. The van der Waals surface area contributed by atoms with E-state index in [4.69, 9.17) is 23.2 Å². The van der Waals surface area contributed by atoms with Crippen LogP contribution < -0.4 is 5.32 Å². The number of halogens is 3. The van der Waals surface area contributed by atoms with Crippen LogP contribution in [0.1, 0.15) is 59.3 Å². The van der Waals surface area contributed by atoms with Gasteiger partial charge in [0, 0.05) is 38.1 Å². The second-order valence-electron chi connectivity index (χ2n) is 10.5. The molecule has 2 aliphatic heterocycles. The highest BCUT2D eigenvalue weighted by molar-refractivity contribution is 6.36. The quantitative estimate of drug-likeness (QED) is 0.375. The second-order valence-corrected chi connectivity index (χ2v) is 11.3. The highest BCUT2D eigenvalue weighted by Gasteiger charge is 2.38. The molecule has 0 radical (unpaired) electrons. The van der Waals surface area contributed by atoms with Crippen molar-refractivity contribution < 1.29 is 14.0 Å². The van der Waals surface area contributed by atoms with Crippen LogP contribution in [0.25, 0.3) is 0 Å². The zero-order valence-corrected chi connectivity index (χ0v) is 23.4. The van der Waals surface area contributed by atoms with Crippen molar-refractivity contribution in [1.29, 1.82) is 0 Å². The molecule has 2 heterocycles. The molecular weight excluding hydrogens is 536 g/mol. The maximum absolute atomic E-state index is 14.1. The molecule has 1 saturated heterocycles. The summed E-state index contributed by atoms with van der Waals surface area (Å²) in [5, 5.41) is 3.97. The smallest absolute Gasteiger partial charge is 0.255 e. The highest BCUT2D eigenvalue weighted by Crippen LogP contribution is 2.37. The molecule has 0 saturated carbocycles. The lowest BCUT2D eigenvalue weighted by molar-refractivity contribution is -0.121. The van der Waals surface area contributed by atoms with Gasteiger partial charge in [-0.1, -0.05) is 59.6 Å². The molecule has 0 bridgehead atoms. The molecule has 1 N–H and O–H groups in total. The molecule has 0 aromatic heterocycles. The molecule has 2 aliphatic rings. The van der Waals surface area contributed by atoms with Crippen LogP contribution in [0.2, 0.25) is 10.0 Å². The number of rotatable bonds is 6. The Labute approximate surface area is 238 Å². The van der Waals surface area contributed by atoms with Crippen LogP contribution >= 0.6 is 23.2 Å². The van der Waals surface area contributed by atoms with Crippen molar-refractivity contribution >= 4 is 35.0 Å². The minimum absolute atomic E-state index is 0.0838. The van der Waals surface area contributed by atoms with Crippen molar-refractivity contribution in [3.05, 3.63) is 105 Å². The number of carbonyl (C=O) groups is 2. The van der Waals surface area contributed by atoms with E-state index in [2.05, 4.69) is 22.3 Å². The zero-order chi connectivity index (χ0) is 27.6. The Morgan fingerprint density at radius 2 is 1.77 bits per heavy atom. The van der Waals surface area contributed by atoms with Gasteiger partial charge in [-0.25, -0.2) is 4.39 Å². The van der Waals surface area contributed by atoms with Crippen LogP contribution in [0.5, 0.6) is 0 Å². The summed E-state index contributed by atoms with van der Waals surface area (Å²) in [6.07, 6.45) is 2.92. The number of likely N-dealkylation sites (tertiary alicyclic amines) is 1. The zero-order valence-electron chi connectivity index (χ0n) is 21.9. The Kier molecular flexibility index (Phi) is 8.27. The molecule has 3 aromatic carbocycles. The minimum Gasteiger partial charge on any atom is -0.347 e. The normalized spacial score (nSPS) is 18.9. The van der Waals surface area contributed by atoms with E-state index in [-0.39, 0.29) is 23.7 Å². The number of amides is 2. The van der Waals surface area contributed by atoms with Crippen LogP contribution in [0.3, 0.4) is 0 Å². The lowest BCUT2D eigenvalue weighted by Crippen LogP contribution is -2.53. The van der Waals surface area contributed by atoms with Crippen molar-refractivity contribution in [3.8, 4) is 0 Å². The largest absolute Gasteiger partial charge is 0.347 e. The van der Waals surface area contributed by atoms with Gasteiger partial charge < -0.3 is 15.1 Å². The van der Waals surface area contributed by atoms with E-state index in [1.807, 2.05) is 23.1 Å². The number of hydrogen-bond donors (Lipinski definition) is 1. The van der Waals surface area contributed by atoms with Gasteiger partial charge in [0.2, 0.25) is 5.91 Å². The van der Waals surface area contributed by atoms with Gasteiger partial charge in [-0.3, -0.25) is 9.59 Å². The van der Waals surface area contributed by atoms with Gasteiger partial charge in [0.15, 0.2) is 0 Å². The molecule has 204 valence electrons. The van der Waals surface area contributed by atoms with Crippen molar-refractivity contribution in [2.24, 2.45) is 0 Å². The summed E-state index contributed by atoms with van der Waals surface area (Å²) >= 11 is 12.5. The van der Waals surface area contributed by atoms with E-state index in [1.165, 1.54) is 30.2 Å². The Morgan fingerprint density at radius 3 is 2.49 bits per heavy atom. The van der Waals surface area contributed by atoms with Gasteiger partial charge in [-0.2, -0.15) is 0 Å². The Hall–Kier alpha value is -2.93. The van der Waals surface area contributed by atoms with Gasteiger partial charge in [-0.05, 0) is 72.7 Å². The monoisotopic (exact) mass is 567 g/mol. The Morgan fingerprint density at radius 1 is 1.00 bits per heavy atom. The average Bonchev–Trinajstić information content (AvgIpc) is 2.92. The predicted molar refractivity (Wildman–Crippen MR) is 153 cm³/mol. The first-order chi connectivity index (χ1) is 18.8. The first-order valence-electron chi connectivity index (χ1n) is 13.4. The first-order valence-corrected chi connectivity index (χ1v) is 14.1. The van der Waals surface area contributed by atoms with Gasteiger partial charge in [0.05, 0.1) is 22.2 Å². The summed E-state index contributed by atoms with van der Waals surface area (Å²) in [6, 6.07) is 19.8. The average molecular weight is 569 g/mol. The fourth-order valence-electron chi connectivity index (χ4n) is 6.10. The van der Waals surface area contributed by atoms with E-state index in [9.17, 15) is 14.0 Å². The van der Waals surface area contributed by atoms with Crippen molar-refractivity contribution in [2.45, 2.75) is 44.2 Å². The van der Waals surface area contributed by atoms with E-state index in [1.54, 1.807) is 24.3 Å². The van der Waals surface area contributed by atoms with Gasteiger partial charge in [0.25, 0.3) is 5.91 Å². The second kappa shape index (κ2) is 11.7. The minimum atomic E-state index is -0.588. The summed E-state index contributed by atoms with van der Waals surface area (Å²) in [7, 11) is 0. The molecule has 1 fully saturated rings. The standard InChI is InChI=1S/C31H32Cl2FN3O2/c1-21(38)35-31(23-6-4-7-25(34)19-23)13-17-36(18-14-31)15-12-29-26-8-3-2-5-22(26)11-16-37(29)30(39)27-10-9-24(32)20-28(27)33/h2-10,19-20,29H,11-18H2,1H3,(H,35,38). The number of piperidine rings is 1. The van der Waals surface area contributed by atoms with Crippen LogP contribution in [0.4, 0.5) is 4.39 Å². The molecule has 3 aromatic rings. The number of carbonyl (C=O) groups excluding carboxylic acids is 2. The third-order valence-corrected chi connectivity index (χ3v) is 8.60. The lowest BCUT2D eigenvalue weighted by Gasteiger charge is -2.44. The van der Waals surface area contributed by atoms with E-state index < -0.39 is 5.54 Å². The molecule has 0 spiro atoms. The fourth-order valence-corrected chi connectivity index (χ4v) is 6.59. The SMILES string of the molecule is CC(=O)NC1(c2cccc(F)c2)CCN(CCC2c3ccccc3CCN2C(=O)c2ccc(Cl)cc2Cl)CC1. The molecular formula is C31H32Cl2FN3O2. The van der Waals surface area contributed by atoms with Gasteiger partial charge in [-0.15, -0.1) is 0 Å². The van der Waals surface area contributed by atoms with E-state index in [0.29, 0.717) is 35.0 Å². The summed E-state index contributed by atoms with van der Waals surface area (Å²) in [4.78, 5) is 30.1. The van der Waals surface area contributed by atoms with Crippen molar-refractivity contribution in [1.82, 2.24) is 15.1 Å². The molecule has 8 heteroatoms. The van der Waals surface area contributed by atoms with Crippen LogP contribution in [-0.2, 0) is 16.8 Å². The summed E-state index contributed by atoms with van der Waals surface area (Å²) in [5.74, 6) is -0.520. The lowest BCUT2D eigenvalue weighted by atomic mass is 9.80. The van der Waals surface area contributed by atoms with Gasteiger partial charge >= 0.3 is 0 Å². The molecule has 1 unspecified atom stereocenters. The maximum Gasteiger partial charge on any atom is 0.255 e. The topological polar surface area (TPSA) is 52.7 Å². The first kappa shape index (κ1) is 27.6. The third kappa shape index (κ3) is 5.98. The summed E-state index contributed by atoms with van der Waals surface area (Å²) in [5.41, 5.74) is 3.11. The Balaban J connectivity index is 1.33. The van der Waals surface area contributed by atoms with Crippen molar-refractivity contribution in [2.75, 3.05) is 26.2 Å². The summed E-state index contributed by atoms with van der Waals surface area (Å²) in [6.45, 7) is 4.41. The maximum atomic E-state index is 14.1. The number of nitrogens with one attached hydrogen (secondary N) is 1.